The molecular formula is C19H21N3OS. The molecule has 0 saturated heterocycles. The van der Waals surface area contributed by atoms with Gasteiger partial charge in [-0.3, -0.25) is 4.79 Å². The highest BCUT2D eigenvalue weighted by Gasteiger charge is 2.04. The topological polar surface area (TPSA) is 57.8 Å². The number of aryl methyl sites for hydroxylation is 1. The lowest BCUT2D eigenvalue weighted by Gasteiger charge is -2.04. The number of amides is 1. The van der Waals surface area contributed by atoms with Crippen LogP contribution < -0.4 is 5.32 Å². The highest BCUT2D eigenvalue weighted by molar-refractivity contribution is 7.99. The van der Waals surface area contributed by atoms with Gasteiger partial charge in [0.15, 0.2) is 0 Å². The number of para-hydroxylation sites is 2. The Balaban J connectivity index is 1.37. The van der Waals surface area contributed by atoms with Crippen molar-refractivity contribution in [2.24, 2.45) is 0 Å². The molecule has 24 heavy (non-hydrogen) atoms. The molecule has 3 aromatic rings. The number of fused-ring (bicyclic) bond motifs is 1. The third-order valence-corrected chi connectivity index (χ3v) is 4.75. The molecule has 1 heterocycles. The molecule has 4 nitrogen and oxygen atoms in total. The van der Waals surface area contributed by atoms with E-state index in [1.165, 1.54) is 10.5 Å². The van der Waals surface area contributed by atoms with Crippen LogP contribution >= 0.6 is 11.8 Å². The summed E-state index contributed by atoms with van der Waals surface area (Å²) >= 11 is 1.71. The number of aromatic amines is 1. The van der Waals surface area contributed by atoms with E-state index in [1.54, 1.807) is 11.8 Å². The van der Waals surface area contributed by atoms with Gasteiger partial charge in [-0.25, -0.2) is 4.98 Å². The van der Waals surface area contributed by atoms with Crippen LogP contribution in [0.25, 0.3) is 11.0 Å². The molecule has 0 saturated carbocycles. The minimum absolute atomic E-state index is 0.0886. The Hall–Kier alpha value is -2.27. The van der Waals surface area contributed by atoms with Crippen LogP contribution in [0.2, 0.25) is 0 Å². The first kappa shape index (κ1) is 16.6. The molecule has 2 N–H and O–H groups in total. The number of aromatic nitrogens is 2. The first-order valence-corrected chi connectivity index (χ1v) is 9.09. The second-order valence-corrected chi connectivity index (χ2v) is 6.88. The van der Waals surface area contributed by atoms with Gasteiger partial charge in [-0.2, -0.15) is 0 Å². The standard InChI is InChI=1S/C19H21N3OS/c1-14-6-8-15(9-7-14)24-13-11-19(23)20-12-10-18-21-16-4-2-3-5-17(16)22-18/h2-9H,10-13H2,1H3,(H,20,23)(H,21,22). The molecule has 0 aliphatic heterocycles. The summed E-state index contributed by atoms with van der Waals surface area (Å²) in [6.45, 7) is 2.68. The van der Waals surface area contributed by atoms with Gasteiger partial charge in [-0.1, -0.05) is 29.8 Å². The van der Waals surface area contributed by atoms with Crippen LogP contribution in [0.15, 0.2) is 53.4 Å². The van der Waals surface area contributed by atoms with Crippen molar-refractivity contribution >= 4 is 28.7 Å². The van der Waals surface area contributed by atoms with E-state index in [4.69, 9.17) is 0 Å². The molecule has 2 aromatic carbocycles. The van der Waals surface area contributed by atoms with Crippen LogP contribution in [0.3, 0.4) is 0 Å². The fraction of sp³-hybridized carbons (Fsp3) is 0.263. The Labute approximate surface area is 146 Å². The van der Waals surface area contributed by atoms with Crippen LogP contribution in [0.5, 0.6) is 0 Å². The van der Waals surface area contributed by atoms with Crippen LogP contribution in [0, 0.1) is 6.92 Å². The Morgan fingerprint density at radius 3 is 2.75 bits per heavy atom. The maximum Gasteiger partial charge on any atom is 0.220 e. The summed E-state index contributed by atoms with van der Waals surface area (Å²) in [5, 5.41) is 2.96. The van der Waals surface area contributed by atoms with Crippen molar-refractivity contribution in [3.8, 4) is 0 Å². The van der Waals surface area contributed by atoms with Crippen molar-refractivity contribution in [3.05, 3.63) is 59.9 Å². The molecule has 0 aliphatic carbocycles. The van der Waals surface area contributed by atoms with E-state index < -0.39 is 0 Å². The number of H-pyrrole nitrogens is 1. The molecule has 1 aromatic heterocycles. The van der Waals surface area contributed by atoms with Crippen molar-refractivity contribution in [1.29, 1.82) is 0 Å². The van der Waals surface area contributed by atoms with Crippen molar-refractivity contribution in [2.45, 2.75) is 24.7 Å². The summed E-state index contributed by atoms with van der Waals surface area (Å²) in [7, 11) is 0. The van der Waals surface area contributed by atoms with E-state index in [9.17, 15) is 4.79 Å². The second-order valence-electron chi connectivity index (χ2n) is 5.71. The van der Waals surface area contributed by atoms with E-state index >= 15 is 0 Å². The van der Waals surface area contributed by atoms with Gasteiger partial charge in [0.1, 0.15) is 5.82 Å². The number of benzene rings is 2. The van der Waals surface area contributed by atoms with E-state index in [2.05, 4.69) is 46.5 Å². The summed E-state index contributed by atoms with van der Waals surface area (Å²) in [6, 6.07) is 16.3. The van der Waals surface area contributed by atoms with Gasteiger partial charge < -0.3 is 10.3 Å². The van der Waals surface area contributed by atoms with Gasteiger partial charge in [0.05, 0.1) is 11.0 Å². The van der Waals surface area contributed by atoms with Crippen LogP contribution in [0.1, 0.15) is 17.8 Å². The maximum absolute atomic E-state index is 11.9. The number of nitrogens with zero attached hydrogens (tertiary/aromatic N) is 1. The third kappa shape index (κ3) is 4.61. The van der Waals surface area contributed by atoms with Gasteiger partial charge in [-0.05, 0) is 31.2 Å². The third-order valence-electron chi connectivity index (χ3n) is 3.74. The molecule has 0 fully saturated rings. The monoisotopic (exact) mass is 339 g/mol. The zero-order chi connectivity index (χ0) is 16.8. The molecule has 1 amide bonds. The lowest BCUT2D eigenvalue weighted by Crippen LogP contribution is -2.26. The smallest absolute Gasteiger partial charge is 0.220 e. The maximum atomic E-state index is 11.9. The summed E-state index contributed by atoms with van der Waals surface area (Å²) in [5.41, 5.74) is 3.25. The highest BCUT2D eigenvalue weighted by atomic mass is 32.2. The number of carbonyl (C=O) groups is 1. The largest absolute Gasteiger partial charge is 0.356 e. The fourth-order valence-electron chi connectivity index (χ4n) is 2.43. The second kappa shape index (κ2) is 8.02. The number of hydrogen-bond acceptors (Lipinski definition) is 3. The summed E-state index contributed by atoms with van der Waals surface area (Å²) in [4.78, 5) is 20.9. The quantitative estimate of drug-likeness (QED) is 0.645. The van der Waals surface area contributed by atoms with E-state index in [-0.39, 0.29) is 5.91 Å². The minimum atomic E-state index is 0.0886. The Morgan fingerprint density at radius 2 is 1.96 bits per heavy atom. The average molecular weight is 339 g/mol. The summed E-state index contributed by atoms with van der Waals surface area (Å²) < 4.78 is 0. The first-order valence-electron chi connectivity index (χ1n) is 8.10. The number of thioether (sulfide) groups is 1. The zero-order valence-electron chi connectivity index (χ0n) is 13.7. The number of nitrogens with one attached hydrogen (secondary N) is 2. The van der Waals surface area contributed by atoms with Crippen molar-refractivity contribution in [2.75, 3.05) is 12.3 Å². The van der Waals surface area contributed by atoms with E-state index in [0.29, 0.717) is 19.4 Å². The lowest BCUT2D eigenvalue weighted by atomic mass is 10.2. The molecule has 0 radical (unpaired) electrons. The predicted octanol–water partition coefficient (Wildman–Crippen LogP) is 3.71. The Kier molecular flexibility index (Phi) is 5.54. The molecule has 124 valence electrons. The first-order chi connectivity index (χ1) is 11.7. The summed E-state index contributed by atoms with van der Waals surface area (Å²) in [5.74, 6) is 1.79. The predicted molar refractivity (Wildman–Crippen MR) is 99.3 cm³/mol. The van der Waals surface area contributed by atoms with Crippen molar-refractivity contribution in [1.82, 2.24) is 15.3 Å². The van der Waals surface area contributed by atoms with Gasteiger partial charge in [0.25, 0.3) is 0 Å². The number of imidazole rings is 1. The summed E-state index contributed by atoms with van der Waals surface area (Å²) in [6.07, 6.45) is 1.24. The van der Waals surface area contributed by atoms with E-state index in [0.717, 1.165) is 22.6 Å². The number of hydrogen-bond donors (Lipinski definition) is 2. The molecule has 0 atom stereocenters. The molecular weight excluding hydrogens is 318 g/mol. The number of carbonyl (C=O) groups excluding carboxylic acids is 1. The van der Waals surface area contributed by atoms with Gasteiger partial charge in [0, 0.05) is 30.0 Å². The lowest BCUT2D eigenvalue weighted by molar-refractivity contribution is -0.120. The SMILES string of the molecule is Cc1ccc(SCCC(=O)NCCc2nc3ccccc3[nH]2)cc1. The Bertz CT molecular complexity index is 778. The Morgan fingerprint density at radius 1 is 1.17 bits per heavy atom. The molecule has 0 bridgehead atoms. The molecule has 0 spiro atoms. The number of rotatable bonds is 7. The van der Waals surface area contributed by atoms with Gasteiger partial charge in [0.2, 0.25) is 5.91 Å². The molecule has 0 unspecified atom stereocenters. The van der Waals surface area contributed by atoms with Crippen LogP contribution in [-0.4, -0.2) is 28.2 Å². The zero-order valence-corrected chi connectivity index (χ0v) is 14.5. The van der Waals surface area contributed by atoms with Crippen LogP contribution in [0.4, 0.5) is 0 Å². The minimum Gasteiger partial charge on any atom is -0.356 e. The highest BCUT2D eigenvalue weighted by Crippen LogP contribution is 2.18. The van der Waals surface area contributed by atoms with Crippen LogP contribution in [-0.2, 0) is 11.2 Å². The normalized spacial score (nSPS) is 10.9. The van der Waals surface area contributed by atoms with Gasteiger partial charge >= 0.3 is 0 Å². The molecule has 0 aliphatic rings. The van der Waals surface area contributed by atoms with E-state index in [1.807, 2.05) is 24.3 Å². The molecule has 5 heteroatoms. The van der Waals surface area contributed by atoms with Gasteiger partial charge in [-0.15, -0.1) is 11.8 Å². The average Bonchev–Trinajstić information content (AvgIpc) is 2.99. The van der Waals surface area contributed by atoms with Crippen molar-refractivity contribution < 1.29 is 4.79 Å². The fourth-order valence-corrected chi connectivity index (χ4v) is 3.28. The van der Waals surface area contributed by atoms with Crippen molar-refractivity contribution in [3.63, 3.8) is 0 Å². The molecule has 3 rings (SSSR count).